The number of hydrogen-bond acceptors (Lipinski definition) is 2. The number of hydrogen-bond donors (Lipinski definition) is 1. The molecule has 1 rings (SSSR count). The molecule has 0 aromatic heterocycles. The molecule has 1 N–H and O–H groups in total. The summed E-state index contributed by atoms with van der Waals surface area (Å²) in [5.41, 5.74) is 0.756. The molecule has 1 aromatic rings. The predicted octanol–water partition coefficient (Wildman–Crippen LogP) is 4.77. The van der Waals surface area contributed by atoms with Crippen LogP contribution in [0, 0.1) is 5.82 Å². The highest BCUT2D eigenvalue weighted by Crippen LogP contribution is 2.26. The highest BCUT2D eigenvalue weighted by atomic mass is 79.9. The van der Waals surface area contributed by atoms with Gasteiger partial charge in [-0.2, -0.15) is 11.8 Å². The van der Waals surface area contributed by atoms with Crippen molar-refractivity contribution in [3.63, 3.8) is 0 Å². The molecule has 0 bridgehead atoms. The second kappa shape index (κ2) is 8.18. The molecule has 0 aliphatic carbocycles. The van der Waals surface area contributed by atoms with Crippen LogP contribution in [0.4, 0.5) is 4.39 Å². The Morgan fingerprint density at radius 2 is 2.11 bits per heavy atom. The first-order chi connectivity index (χ1) is 8.54. The Labute approximate surface area is 122 Å². The summed E-state index contributed by atoms with van der Waals surface area (Å²) in [7, 11) is 0. The third-order valence-corrected chi connectivity index (χ3v) is 4.26. The van der Waals surface area contributed by atoms with Gasteiger partial charge in [0, 0.05) is 21.8 Å². The molecule has 102 valence electrons. The first-order valence-electron chi connectivity index (χ1n) is 6.34. The standard InChI is InChI=1S/C14H21BrFNS/c1-4-7-17-14(9-18-10(2)3)12-8-11(15)5-6-13(12)16/h5-6,8,10,14,17H,4,7,9H2,1-3H3. The van der Waals surface area contributed by atoms with E-state index in [4.69, 9.17) is 0 Å². The minimum Gasteiger partial charge on any atom is -0.309 e. The SMILES string of the molecule is CCCNC(CSC(C)C)c1cc(Br)ccc1F. The van der Waals surface area contributed by atoms with Gasteiger partial charge in [0.1, 0.15) is 5.82 Å². The molecule has 1 unspecified atom stereocenters. The number of halogens is 2. The third kappa shape index (κ3) is 5.29. The molecule has 4 heteroatoms. The van der Waals surface area contributed by atoms with Gasteiger partial charge >= 0.3 is 0 Å². The molecule has 0 saturated carbocycles. The van der Waals surface area contributed by atoms with Gasteiger partial charge in [0.05, 0.1) is 0 Å². The number of rotatable bonds is 7. The summed E-state index contributed by atoms with van der Waals surface area (Å²) in [6.07, 6.45) is 1.05. The number of nitrogens with one attached hydrogen (secondary N) is 1. The highest BCUT2D eigenvalue weighted by Gasteiger charge is 2.16. The van der Waals surface area contributed by atoms with Gasteiger partial charge in [0.15, 0.2) is 0 Å². The first kappa shape index (κ1) is 16.0. The Bertz CT molecular complexity index is 371. The van der Waals surface area contributed by atoms with Crippen molar-refractivity contribution in [1.82, 2.24) is 5.32 Å². The quantitative estimate of drug-likeness (QED) is 0.771. The van der Waals surface area contributed by atoms with E-state index in [1.807, 2.05) is 17.8 Å². The van der Waals surface area contributed by atoms with E-state index in [1.165, 1.54) is 6.07 Å². The second-order valence-corrected chi connectivity index (χ2v) is 7.08. The van der Waals surface area contributed by atoms with Crippen molar-refractivity contribution in [3.05, 3.63) is 34.1 Å². The lowest BCUT2D eigenvalue weighted by molar-refractivity contribution is 0.532. The van der Waals surface area contributed by atoms with E-state index in [2.05, 4.69) is 42.0 Å². The van der Waals surface area contributed by atoms with Crippen molar-refractivity contribution in [2.24, 2.45) is 0 Å². The van der Waals surface area contributed by atoms with Gasteiger partial charge < -0.3 is 5.32 Å². The van der Waals surface area contributed by atoms with Crippen LogP contribution in [0.25, 0.3) is 0 Å². The maximum atomic E-state index is 13.9. The molecule has 0 fully saturated rings. The zero-order chi connectivity index (χ0) is 13.5. The van der Waals surface area contributed by atoms with Crippen LogP contribution in [0.2, 0.25) is 0 Å². The summed E-state index contributed by atoms with van der Waals surface area (Å²) in [4.78, 5) is 0. The summed E-state index contributed by atoms with van der Waals surface area (Å²) in [5, 5.41) is 3.99. The van der Waals surface area contributed by atoms with Crippen LogP contribution in [0.5, 0.6) is 0 Å². The fourth-order valence-electron chi connectivity index (χ4n) is 1.65. The van der Waals surface area contributed by atoms with Crippen molar-refractivity contribution >= 4 is 27.7 Å². The molecule has 0 saturated heterocycles. The van der Waals surface area contributed by atoms with Crippen LogP contribution >= 0.6 is 27.7 Å². The van der Waals surface area contributed by atoms with E-state index < -0.39 is 0 Å². The molecule has 1 aromatic carbocycles. The van der Waals surface area contributed by atoms with Crippen molar-refractivity contribution in [2.45, 2.75) is 38.5 Å². The lowest BCUT2D eigenvalue weighted by Gasteiger charge is -2.20. The van der Waals surface area contributed by atoms with Gasteiger partial charge in [0.25, 0.3) is 0 Å². The Hall–Kier alpha value is -0.0600. The van der Waals surface area contributed by atoms with Gasteiger partial charge in [-0.25, -0.2) is 4.39 Å². The minimum atomic E-state index is -0.129. The molecule has 0 aliphatic rings. The fraction of sp³-hybridized carbons (Fsp3) is 0.571. The van der Waals surface area contributed by atoms with Gasteiger partial charge in [0.2, 0.25) is 0 Å². The average molecular weight is 334 g/mol. The van der Waals surface area contributed by atoms with Crippen molar-refractivity contribution < 1.29 is 4.39 Å². The predicted molar refractivity (Wildman–Crippen MR) is 82.7 cm³/mol. The van der Waals surface area contributed by atoms with Gasteiger partial charge in [-0.05, 0) is 36.4 Å². The zero-order valence-corrected chi connectivity index (χ0v) is 13.6. The lowest BCUT2D eigenvalue weighted by atomic mass is 10.1. The summed E-state index contributed by atoms with van der Waals surface area (Å²) >= 11 is 5.27. The van der Waals surface area contributed by atoms with Crippen molar-refractivity contribution in [1.29, 1.82) is 0 Å². The summed E-state index contributed by atoms with van der Waals surface area (Å²) in [6, 6.07) is 5.23. The van der Waals surface area contributed by atoms with E-state index in [0.29, 0.717) is 5.25 Å². The Morgan fingerprint density at radius 1 is 1.39 bits per heavy atom. The molecule has 0 radical (unpaired) electrons. The zero-order valence-electron chi connectivity index (χ0n) is 11.2. The van der Waals surface area contributed by atoms with E-state index in [9.17, 15) is 4.39 Å². The van der Waals surface area contributed by atoms with Gasteiger partial charge in [-0.1, -0.05) is 36.7 Å². The molecular weight excluding hydrogens is 313 g/mol. The van der Waals surface area contributed by atoms with Crippen LogP contribution in [0.3, 0.4) is 0 Å². The molecule has 1 nitrogen and oxygen atoms in total. The summed E-state index contributed by atoms with van der Waals surface area (Å²) in [5.74, 6) is 0.765. The molecule has 0 heterocycles. The van der Waals surface area contributed by atoms with Crippen LogP contribution in [0.15, 0.2) is 22.7 Å². The Kier molecular flexibility index (Phi) is 7.27. The molecule has 1 atom stereocenters. The van der Waals surface area contributed by atoms with E-state index in [0.717, 1.165) is 28.8 Å². The Balaban J connectivity index is 2.82. The summed E-state index contributed by atoms with van der Waals surface area (Å²) < 4.78 is 14.8. The second-order valence-electron chi connectivity index (χ2n) is 4.55. The Morgan fingerprint density at radius 3 is 2.72 bits per heavy atom. The normalized spacial score (nSPS) is 13.0. The molecule has 0 spiro atoms. The third-order valence-electron chi connectivity index (χ3n) is 2.57. The number of thioether (sulfide) groups is 1. The van der Waals surface area contributed by atoms with E-state index in [1.54, 1.807) is 6.07 Å². The maximum Gasteiger partial charge on any atom is 0.128 e. The number of benzene rings is 1. The van der Waals surface area contributed by atoms with E-state index >= 15 is 0 Å². The van der Waals surface area contributed by atoms with Crippen LogP contribution < -0.4 is 5.32 Å². The largest absolute Gasteiger partial charge is 0.309 e. The van der Waals surface area contributed by atoms with Gasteiger partial charge in [-0.3, -0.25) is 0 Å². The monoisotopic (exact) mass is 333 g/mol. The summed E-state index contributed by atoms with van der Waals surface area (Å²) in [6.45, 7) is 7.36. The molecule has 0 aliphatic heterocycles. The molecular formula is C14H21BrFNS. The van der Waals surface area contributed by atoms with Crippen molar-refractivity contribution in [3.8, 4) is 0 Å². The van der Waals surface area contributed by atoms with Crippen LogP contribution in [0.1, 0.15) is 38.8 Å². The highest BCUT2D eigenvalue weighted by molar-refractivity contribution is 9.10. The lowest BCUT2D eigenvalue weighted by Crippen LogP contribution is -2.25. The van der Waals surface area contributed by atoms with E-state index in [-0.39, 0.29) is 11.9 Å². The van der Waals surface area contributed by atoms with Gasteiger partial charge in [-0.15, -0.1) is 0 Å². The average Bonchev–Trinajstić information content (AvgIpc) is 2.32. The fourth-order valence-corrected chi connectivity index (χ4v) is 2.90. The smallest absolute Gasteiger partial charge is 0.128 e. The first-order valence-corrected chi connectivity index (χ1v) is 8.18. The molecule has 0 amide bonds. The van der Waals surface area contributed by atoms with Crippen molar-refractivity contribution in [2.75, 3.05) is 12.3 Å². The molecule has 18 heavy (non-hydrogen) atoms. The maximum absolute atomic E-state index is 13.9. The van der Waals surface area contributed by atoms with Crippen LogP contribution in [-0.4, -0.2) is 17.5 Å². The minimum absolute atomic E-state index is 0.0786. The van der Waals surface area contributed by atoms with Crippen LogP contribution in [-0.2, 0) is 0 Å². The topological polar surface area (TPSA) is 12.0 Å².